The summed E-state index contributed by atoms with van der Waals surface area (Å²) in [6, 6.07) is 14.4. The lowest BCUT2D eigenvalue weighted by Crippen LogP contribution is -2.66. The highest BCUT2D eigenvalue weighted by Gasteiger charge is 2.51. The molecule has 7 rings (SSSR count). The molecule has 0 saturated carbocycles. The molecule has 0 radical (unpaired) electrons. The number of hydrogen-bond acceptors (Lipinski definition) is 15. The molecule has 10 N–H and O–H groups in total. The van der Waals surface area contributed by atoms with Crippen LogP contribution in [0.4, 0.5) is 0 Å². The van der Waals surface area contributed by atoms with Crippen molar-refractivity contribution >= 4 is 22.8 Å². The molecule has 52 heavy (non-hydrogen) atoms. The SMILES string of the molecule is COc1c(OCO)ccc2c1OC1c3c(cc(OC4OC(C(OC(=O)CC(=O)O)C(N)N)C(O)C(O)C4O)cc3-c3c[nH]c4ccccc34)OCC21. The molecule has 276 valence electrons. The van der Waals surface area contributed by atoms with E-state index in [1.165, 1.54) is 7.11 Å². The van der Waals surface area contributed by atoms with E-state index in [-0.39, 0.29) is 18.3 Å². The number of aliphatic hydroxyl groups excluding tert-OH is 4. The van der Waals surface area contributed by atoms with E-state index in [4.69, 9.17) is 49.7 Å². The number of rotatable bonds is 11. The summed E-state index contributed by atoms with van der Waals surface area (Å²) in [6.07, 6.45) is -11.8. The van der Waals surface area contributed by atoms with Gasteiger partial charge in [0.25, 0.3) is 0 Å². The number of benzene rings is 3. The molecule has 4 heterocycles. The predicted molar refractivity (Wildman–Crippen MR) is 178 cm³/mol. The standard InChI is InChI=1S/C35H37N3O14/c1-46-31-21(48-13-39)7-6-16-19-12-47-22-9-14(8-17(25(22)29(19)51-30(16)31)18-11-38-20-5-3-2-4-15(18)20)49-35-28(45)26(43)27(44)32(52-35)33(34(36)37)50-24(42)10-23(40)41/h2-9,11,19,26-29,32-35,38-39,43-45H,10,12-13,36-37H2,1H3,(H,40,41). The third kappa shape index (κ3) is 6.21. The maximum Gasteiger partial charge on any atom is 0.317 e. The molecular formula is C35H37N3O14. The molecule has 3 aliphatic rings. The zero-order valence-electron chi connectivity index (χ0n) is 27.6. The molecule has 8 unspecified atom stereocenters. The molecule has 0 amide bonds. The highest BCUT2D eigenvalue weighted by molar-refractivity contribution is 5.97. The minimum Gasteiger partial charge on any atom is -0.492 e. The molecule has 0 spiro atoms. The minimum atomic E-state index is -1.88. The number of nitrogens with one attached hydrogen (secondary N) is 1. The molecule has 1 fully saturated rings. The number of methoxy groups -OCH3 is 1. The fourth-order valence-electron chi connectivity index (χ4n) is 7.00. The van der Waals surface area contributed by atoms with Gasteiger partial charge in [0.1, 0.15) is 48.4 Å². The van der Waals surface area contributed by atoms with E-state index < -0.39 is 74.2 Å². The van der Waals surface area contributed by atoms with Crippen LogP contribution in [0.3, 0.4) is 0 Å². The first kappa shape index (κ1) is 35.3. The Morgan fingerprint density at radius 1 is 1.04 bits per heavy atom. The Morgan fingerprint density at radius 3 is 2.56 bits per heavy atom. The van der Waals surface area contributed by atoms with Gasteiger partial charge in [0.2, 0.25) is 12.0 Å². The summed E-state index contributed by atoms with van der Waals surface area (Å²) in [5.74, 6) is -1.40. The number of hydrogen-bond donors (Lipinski definition) is 8. The van der Waals surface area contributed by atoms with Crippen LogP contribution in [0.1, 0.15) is 29.6 Å². The molecule has 1 saturated heterocycles. The molecule has 17 heteroatoms. The molecule has 0 aliphatic carbocycles. The minimum absolute atomic E-state index is 0.118. The van der Waals surface area contributed by atoms with Crippen LogP contribution in [0.5, 0.6) is 28.7 Å². The molecule has 0 bridgehead atoms. The van der Waals surface area contributed by atoms with Gasteiger partial charge >= 0.3 is 11.9 Å². The van der Waals surface area contributed by atoms with Gasteiger partial charge in [-0.05, 0) is 23.8 Å². The average Bonchev–Trinajstić information content (AvgIpc) is 3.72. The van der Waals surface area contributed by atoms with Crippen molar-refractivity contribution in [2.24, 2.45) is 11.5 Å². The molecule has 17 nitrogen and oxygen atoms in total. The van der Waals surface area contributed by atoms with Gasteiger partial charge < -0.3 is 75.1 Å². The van der Waals surface area contributed by atoms with E-state index in [0.717, 1.165) is 22.0 Å². The van der Waals surface area contributed by atoms with E-state index in [1.54, 1.807) is 18.2 Å². The van der Waals surface area contributed by atoms with Gasteiger partial charge in [0, 0.05) is 39.9 Å². The number of aromatic amines is 1. The Balaban J connectivity index is 1.27. The molecule has 3 aromatic carbocycles. The number of nitrogens with two attached hydrogens (primary N) is 2. The average molecular weight is 724 g/mol. The third-order valence-corrected chi connectivity index (χ3v) is 9.36. The van der Waals surface area contributed by atoms with Crippen LogP contribution in [0.15, 0.2) is 54.7 Å². The van der Waals surface area contributed by atoms with Crippen molar-refractivity contribution in [1.82, 2.24) is 4.98 Å². The van der Waals surface area contributed by atoms with Gasteiger partial charge in [-0.3, -0.25) is 9.59 Å². The van der Waals surface area contributed by atoms with Gasteiger partial charge in [-0.25, -0.2) is 0 Å². The van der Waals surface area contributed by atoms with Gasteiger partial charge in [-0.15, -0.1) is 0 Å². The van der Waals surface area contributed by atoms with Gasteiger partial charge in [0.15, 0.2) is 24.4 Å². The Hall–Kier alpha value is -5.14. The lowest BCUT2D eigenvalue weighted by Gasteiger charge is -2.43. The van der Waals surface area contributed by atoms with Crippen molar-refractivity contribution in [3.63, 3.8) is 0 Å². The smallest absolute Gasteiger partial charge is 0.317 e. The second kappa shape index (κ2) is 14.1. The highest BCUT2D eigenvalue weighted by atomic mass is 16.7. The molecule has 8 atom stereocenters. The monoisotopic (exact) mass is 723 g/mol. The zero-order valence-corrected chi connectivity index (χ0v) is 27.6. The van der Waals surface area contributed by atoms with Crippen molar-refractivity contribution in [3.05, 3.63) is 65.9 Å². The summed E-state index contributed by atoms with van der Waals surface area (Å²) in [6.45, 7) is -0.370. The van der Waals surface area contributed by atoms with Crippen molar-refractivity contribution in [2.75, 3.05) is 20.5 Å². The molecule has 3 aliphatic heterocycles. The summed E-state index contributed by atoms with van der Waals surface area (Å²) in [7, 11) is 1.47. The number of carbonyl (C=O) groups excluding carboxylic acids is 1. The first-order chi connectivity index (χ1) is 25.0. The number of aliphatic hydroxyl groups is 4. The van der Waals surface area contributed by atoms with E-state index >= 15 is 0 Å². The lowest BCUT2D eigenvalue weighted by atomic mass is 9.85. The number of aromatic nitrogens is 1. The highest BCUT2D eigenvalue weighted by Crippen LogP contribution is 2.58. The summed E-state index contributed by atoms with van der Waals surface area (Å²) in [5, 5.41) is 51.9. The Bertz CT molecular complexity index is 1980. The number of H-pyrrole nitrogens is 1. The van der Waals surface area contributed by atoms with E-state index in [0.29, 0.717) is 34.1 Å². The largest absolute Gasteiger partial charge is 0.492 e. The van der Waals surface area contributed by atoms with E-state index in [1.807, 2.05) is 36.5 Å². The van der Waals surface area contributed by atoms with E-state index in [2.05, 4.69) is 4.98 Å². The van der Waals surface area contributed by atoms with Crippen LogP contribution >= 0.6 is 0 Å². The molecular weight excluding hydrogens is 686 g/mol. The maximum absolute atomic E-state index is 12.2. The first-order valence-corrected chi connectivity index (χ1v) is 16.3. The normalized spacial score (nSPS) is 25.3. The van der Waals surface area contributed by atoms with Gasteiger partial charge in [-0.1, -0.05) is 24.3 Å². The van der Waals surface area contributed by atoms with Gasteiger partial charge in [0.05, 0.1) is 25.8 Å². The second-order valence-electron chi connectivity index (χ2n) is 12.5. The summed E-state index contributed by atoms with van der Waals surface area (Å²) >= 11 is 0. The van der Waals surface area contributed by atoms with Crippen LogP contribution < -0.4 is 35.2 Å². The number of carboxylic acid groups (broad SMARTS) is 1. The van der Waals surface area contributed by atoms with Crippen LogP contribution in [-0.4, -0.2) is 106 Å². The second-order valence-corrected chi connectivity index (χ2v) is 12.5. The van der Waals surface area contributed by atoms with Crippen molar-refractivity contribution in [3.8, 4) is 39.9 Å². The number of aliphatic carboxylic acids is 1. The number of carboxylic acids is 1. The maximum atomic E-state index is 12.2. The van der Waals surface area contributed by atoms with Crippen LogP contribution in [0.2, 0.25) is 0 Å². The number of esters is 1. The summed E-state index contributed by atoms with van der Waals surface area (Å²) in [4.78, 5) is 26.5. The fourth-order valence-corrected chi connectivity index (χ4v) is 7.00. The Labute approximate surface area is 295 Å². The fraction of sp³-hybridized carbons (Fsp3) is 0.371. The molecule has 1 aromatic heterocycles. The summed E-state index contributed by atoms with van der Waals surface area (Å²) < 4.78 is 41.0. The zero-order chi connectivity index (χ0) is 36.8. The van der Waals surface area contributed by atoms with Crippen LogP contribution in [0, 0.1) is 0 Å². The number of fused-ring (bicyclic) bond motifs is 6. The first-order valence-electron chi connectivity index (χ1n) is 16.3. The Morgan fingerprint density at radius 2 is 1.83 bits per heavy atom. The number of ether oxygens (including phenoxy) is 7. The van der Waals surface area contributed by atoms with E-state index in [9.17, 15) is 30.0 Å². The third-order valence-electron chi connectivity index (χ3n) is 9.36. The van der Waals surface area contributed by atoms with Crippen LogP contribution in [0.25, 0.3) is 22.0 Å². The predicted octanol–water partition coefficient (Wildman–Crippen LogP) is 0.598. The van der Waals surface area contributed by atoms with Crippen molar-refractivity contribution in [2.45, 2.75) is 61.4 Å². The number of para-hydroxylation sites is 1. The van der Waals surface area contributed by atoms with Gasteiger partial charge in [-0.2, -0.15) is 0 Å². The summed E-state index contributed by atoms with van der Waals surface area (Å²) in [5.41, 5.74) is 15.4. The lowest BCUT2D eigenvalue weighted by molar-refractivity contribution is -0.291. The quantitative estimate of drug-likeness (QED) is 0.0598. The Kier molecular flexibility index (Phi) is 9.57. The van der Waals surface area contributed by atoms with Crippen molar-refractivity contribution < 1.29 is 68.3 Å². The number of carbonyl (C=O) groups is 2. The van der Waals surface area contributed by atoms with Crippen LogP contribution in [-0.2, 0) is 19.1 Å². The topological polar surface area (TPSA) is 268 Å². The molecule has 4 aromatic rings. The van der Waals surface area contributed by atoms with Crippen molar-refractivity contribution in [1.29, 1.82) is 0 Å².